The summed E-state index contributed by atoms with van der Waals surface area (Å²) in [7, 11) is 0. The van der Waals surface area contributed by atoms with Crippen LogP contribution in [0.5, 0.6) is 0 Å². The molecule has 5 heteroatoms. The molecular formula is C13H16FNO3. The van der Waals surface area contributed by atoms with Gasteiger partial charge in [0.15, 0.2) is 5.78 Å². The lowest BCUT2D eigenvalue weighted by molar-refractivity contribution is -0.138. The third kappa shape index (κ3) is 3.29. The smallest absolute Gasteiger partial charge is 0.326 e. The van der Waals surface area contributed by atoms with Gasteiger partial charge >= 0.3 is 5.97 Å². The van der Waals surface area contributed by atoms with Crippen LogP contribution in [-0.2, 0) is 4.79 Å². The van der Waals surface area contributed by atoms with E-state index in [4.69, 9.17) is 5.11 Å². The van der Waals surface area contributed by atoms with Crippen LogP contribution in [0.2, 0.25) is 0 Å². The van der Waals surface area contributed by atoms with Crippen molar-refractivity contribution in [1.29, 1.82) is 0 Å². The minimum Gasteiger partial charge on any atom is -0.480 e. The number of carboxylic acid groups (broad SMARTS) is 1. The molecule has 0 aliphatic carbocycles. The second kappa shape index (κ2) is 5.62. The SMILES string of the molecule is CC(=O)c1ccc(F)c(NC(C(=O)O)C(C)C)c1. The van der Waals surface area contributed by atoms with E-state index < -0.39 is 17.8 Å². The quantitative estimate of drug-likeness (QED) is 0.791. The highest BCUT2D eigenvalue weighted by molar-refractivity contribution is 5.95. The van der Waals surface area contributed by atoms with Crippen molar-refractivity contribution in [1.82, 2.24) is 0 Å². The minimum absolute atomic E-state index is 0.0313. The lowest BCUT2D eigenvalue weighted by Gasteiger charge is -2.19. The van der Waals surface area contributed by atoms with Crippen LogP contribution < -0.4 is 5.32 Å². The number of carbonyl (C=O) groups excluding carboxylic acids is 1. The minimum atomic E-state index is -1.06. The van der Waals surface area contributed by atoms with Crippen LogP contribution in [0.25, 0.3) is 0 Å². The zero-order valence-corrected chi connectivity index (χ0v) is 10.5. The fourth-order valence-electron chi connectivity index (χ4n) is 1.54. The molecule has 98 valence electrons. The Morgan fingerprint density at radius 1 is 1.33 bits per heavy atom. The second-order valence-electron chi connectivity index (χ2n) is 4.46. The van der Waals surface area contributed by atoms with Gasteiger partial charge in [0.05, 0.1) is 5.69 Å². The maximum atomic E-state index is 13.6. The predicted molar refractivity (Wildman–Crippen MR) is 66.3 cm³/mol. The van der Waals surface area contributed by atoms with Crippen LogP contribution in [0.4, 0.5) is 10.1 Å². The van der Waals surface area contributed by atoms with Gasteiger partial charge in [-0.3, -0.25) is 4.79 Å². The van der Waals surface area contributed by atoms with Gasteiger partial charge in [-0.2, -0.15) is 0 Å². The van der Waals surface area contributed by atoms with Gasteiger partial charge in [0, 0.05) is 5.56 Å². The number of hydrogen-bond donors (Lipinski definition) is 2. The van der Waals surface area contributed by atoms with Crippen LogP contribution in [0, 0.1) is 11.7 Å². The Hall–Kier alpha value is -1.91. The first-order valence-electron chi connectivity index (χ1n) is 5.62. The molecule has 1 rings (SSSR count). The molecule has 0 saturated heterocycles. The maximum absolute atomic E-state index is 13.6. The molecule has 1 aromatic rings. The van der Waals surface area contributed by atoms with Crippen molar-refractivity contribution in [3.63, 3.8) is 0 Å². The maximum Gasteiger partial charge on any atom is 0.326 e. The number of rotatable bonds is 5. The monoisotopic (exact) mass is 253 g/mol. The van der Waals surface area contributed by atoms with Crippen molar-refractivity contribution in [3.8, 4) is 0 Å². The van der Waals surface area contributed by atoms with E-state index in [1.165, 1.54) is 19.1 Å². The molecule has 0 radical (unpaired) electrons. The molecule has 18 heavy (non-hydrogen) atoms. The molecule has 1 atom stereocenters. The number of halogens is 1. The lowest BCUT2D eigenvalue weighted by atomic mass is 10.0. The van der Waals surface area contributed by atoms with Crippen molar-refractivity contribution in [3.05, 3.63) is 29.6 Å². The molecule has 0 bridgehead atoms. The van der Waals surface area contributed by atoms with E-state index in [2.05, 4.69) is 5.32 Å². The number of carbonyl (C=O) groups is 2. The van der Waals surface area contributed by atoms with Gasteiger partial charge in [0.2, 0.25) is 0 Å². The predicted octanol–water partition coefficient (Wildman–Crippen LogP) is 2.55. The van der Waals surface area contributed by atoms with Crippen LogP contribution >= 0.6 is 0 Å². The van der Waals surface area contributed by atoms with E-state index >= 15 is 0 Å². The first-order chi connectivity index (χ1) is 8.32. The number of benzene rings is 1. The van der Waals surface area contributed by atoms with Crippen molar-refractivity contribution in [2.45, 2.75) is 26.8 Å². The van der Waals surface area contributed by atoms with E-state index in [0.29, 0.717) is 5.56 Å². The molecule has 1 unspecified atom stereocenters. The summed E-state index contributed by atoms with van der Waals surface area (Å²) in [6.45, 7) is 4.81. The van der Waals surface area contributed by atoms with E-state index in [1.807, 2.05) is 0 Å². The number of ketones is 1. The van der Waals surface area contributed by atoms with Gasteiger partial charge in [0.25, 0.3) is 0 Å². The van der Waals surface area contributed by atoms with Gasteiger partial charge in [-0.15, -0.1) is 0 Å². The summed E-state index contributed by atoms with van der Waals surface area (Å²) >= 11 is 0. The first kappa shape index (κ1) is 14.2. The Morgan fingerprint density at radius 3 is 2.39 bits per heavy atom. The van der Waals surface area contributed by atoms with E-state index in [0.717, 1.165) is 6.07 Å². The van der Waals surface area contributed by atoms with Crippen molar-refractivity contribution < 1.29 is 19.1 Å². The molecule has 0 heterocycles. The zero-order valence-electron chi connectivity index (χ0n) is 10.5. The van der Waals surface area contributed by atoms with Crippen LogP contribution in [0.3, 0.4) is 0 Å². The van der Waals surface area contributed by atoms with Crippen LogP contribution in [0.15, 0.2) is 18.2 Å². The summed E-state index contributed by atoms with van der Waals surface area (Å²) in [6.07, 6.45) is 0. The number of aliphatic carboxylic acids is 1. The summed E-state index contributed by atoms with van der Waals surface area (Å²) in [5.41, 5.74) is 0.371. The summed E-state index contributed by atoms with van der Waals surface area (Å²) in [5.74, 6) is -2.04. The Kier molecular flexibility index (Phi) is 4.42. The van der Waals surface area contributed by atoms with Crippen molar-refractivity contribution >= 4 is 17.4 Å². The van der Waals surface area contributed by atoms with Crippen LogP contribution in [-0.4, -0.2) is 22.9 Å². The molecule has 1 aromatic carbocycles. The van der Waals surface area contributed by atoms with Gasteiger partial charge in [0.1, 0.15) is 11.9 Å². The Morgan fingerprint density at radius 2 is 1.94 bits per heavy atom. The largest absolute Gasteiger partial charge is 0.480 e. The highest BCUT2D eigenvalue weighted by Gasteiger charge is 2.22. The normalized spacial score (nSPS) is 12.3. The average molecular weight is 253 g/mol. The zero-order chi connectivity index (χ0) is 13.9. The standard InChI is InChI=1S/C13H16FNO3/c1-7(2)12(13(17)18)15-11-6-9(8(3)16)4-5-10(11)14/h4-7,12,15H,1-3H3,(H,17,18). The Bertz CT molecular complexity index is 471. The third-order valence-electron chi connectivity index (χ3n) is 2.62. The number of hydrogen-bond acceptors (Lipinski definition) is 3. The van der Waals surface area contributed by atoms with Gasteiger partial charge < -0.3 is 10.4 Å². The van der Waals surface area contributed by atoms with E-state index in [-0.39, 0.29) is 17.4 Å². The number of carboxylic acids is 1. The van der Waals surface area contributed by atoms with Gasteiger partial charge in [-0.1, -0.05) is 13.8 Å². The molecule has 0 aliphatic rings. The highest BCUT2D eigenvalue weighted by Crippen LogP contribution is 2.19. The molecule has 0 aliphatic heterocycles. The fraction of sp³-hybridized carbons (Fsp3) is 0.385. The van der Waals surface area contributed by atoms with Crippen LogP contribution in [0.1, 0.15) is 31.1 Å². The second-order valence-corrected chi connectivity index (χ2v) is 4.46. The van der Waals surface area contributed by atoms with Gasteiger partial charge in [-0.05, 0) is 31.0 Å². The van der Waals surface area contributed by atoms with E-state index in [9.17, 15) is 14.0 Å². The lowest BCUT2D eigenvalue weighted by Crippen LogP contribution is -2.34. The average Bonchev–Trinajstić information content (AvgIpc) is 2.26. The van der Waals surface area contributed by atoms with Gasteiger partial charge in [-0.25, -0.2) is 9.18 Å². The molecule has 0 aromatic heterocycles. The summed E-state index contributed by atoms with van der Waals surface area (Å²) < 4.78 is 13.6. The third-order valence-corrected chi connectivity index (χ3v) is 2.62. The molecular weight excluding hydrogens is 237 g/mol. The topological polar surface area (TPSA) is 66.4 Å². The molecule has 4 nitrogen and oxygen atoms in total. The Balaban J connectivity index is 3.05. The molecule has 0 spiro atoms. The molecule has 0 saturated carbocycles. The number of anilines is 1. The highest BCUT2D eigenvalue weighted by atomic mass is 19.1. The summed E-state index contributed by atoms with van der Waals surface area (Å²) in [6, 6.07) is 2.95. The summed E-state index contributed by atoms with van der Waals surface area (Å²) in [5, 5.41) is 11.6. The van der Waals surface area contributed by atoms with Crippen molar-refractivity contribution in [2.75, 3.05) is 5.32 Å². The van der Waals surface area contributed by atoms with Crippen molar-refractivity contribution in [2.24, 2.45) is 5.92 Å². The number of nitrogens with one attached hydrogen (secondary N) is 1. The van der Waals surface area contributed by atoms with E-state index in [1.54, 1.807) is 13.8 Å². The Labute approximate surface area is 105 Å². The molecule has 0 amide bonds. The first-order valence-corrected chi connectivity index (χ1v) is 5.62. The molecule has 2 N–H and O–H groups in total. The fourth-order valence-corrected chi connectivity index (χ4v) is 1.54. The molecule has 0 fully saturated rings. The number of Topliss-reactive ketones (excluding diaryl/α,β-unsaturated/α-hetero) is 1. The summed E-state index contributed by atoms with van der Waals surface area (Å²) in [4.78, 5) is 22.2.